The summed E-state index contributed by atoms with van der Waals surface area (Å²) in [7, 11) is 0. The number of carbonyl (C=O) groups excluding carboxylic acids is 1. The molecule has 0 aromatic heterocycles. The van der Waals surface area contributed by atoms with Crippen LogP contribution in [0.2, 0.25) is 0 Å². The molecule has 1 aromatic rings. The quantitative estimate of drug-likeness (QED) is 0.822. The first-order valence-electron chi connectivity index (χ1n) is 5.26. The summed E-state index contributed by atoms with van der Waals surface area (Å²) in [6.07, 6.45) is 0. The largest absolute Gasteiger partial charge is 0.376 e. The Morgan fingerprint density at radius 1 is 1.19 bits per heavy atom. The van der Waals surface area contributed by atoms with Crippen molar-refractivity contribution in [2.24, 2.45) is 5.92 Å². The van der Waals surface area contributed by atoms with Gasteiger partial charge in [-0.1, -0.05) is 53.9 Å². The van der Waals surface area contributed by atoms with Crippen LogP contribution in [0.1, 0.15) is 5.56 Å². The Bertz CT molecular complexity index is 330. The molecule has 0 radical (unpaired) electrons. The van der Waals surface area contributed by atoms with Crippen molar-refractivity contribution in [1.82, 2.24) is 0 Å². The molecule has 0 N–H and O–H groups in total. The van der Waals surface area contributed by atoms with Gasteiger partial charge in [0.1, 0.15) is 0 Å². The molecule has 1 fully saturated rings. The molecule has 0 saturated carbocycles. The second-order valence-corrected chi connectivity index (χ2v) is 5.98. The first-order chi connectivity index (χ1) is 7.84. The maximum atomic E-state index is 11.0. The molecule has 2 nitrogen and oxygen atoms in total. The molecule has 86 valence electrons. The zero-order valence-corrected chi connectivity index (χ0v) is 10.6. The molecule has 0 unspecified atom stereocenters. The van der Waals surface area contributed by atoms with E-state index < -0.39 is 0 Å². The molecule has 1 saturated heterocycles. The Balaban J connectivity index is 1.67. The lowest BCUT2D eigenvalue weighted by molar-refractivity contribution is 0.0993. The minimum absolute atomic E-state index is 0.249. The van der Waals surface area contributed by atoms with Crippen molar-refractivity contribution < 1.29 is 9.53 Å². The predicted octanol–water partition coefficient (Wildman–Crippen LogP) is 3.42. The van der Waals surface area contributed by atoms with E-state index in [4.69, 9.17) is 4.74 Å². The van der Waals surface area contributed by atoms with Crippen molar-refractivity contribution in [3.8, 4) is 0 Å². The van der Waals surface area contributed by atoms with E-state index in [2.05, 4.69) is 12.1 Å². The SMILES string of the molecule is O=C1SCC(COCc2ccccc2)CS1. The summed E-state index contributed by atoms with van der Waals surface area (Å²) in [5.74, 6) is 2.32. The highest BCUT2D eigenvalue weighted by Crippen LogP contribution is 2.28. The van der Waals surface area contributed by atoms with Gasteiger partial charge in [0.05, 0.1) is 13.2 Å². The molecule has 16 heavy (non-hydrogen) atoms. The number of benzene rings is 1. The molecule has 4 heteroatoms. The Kier molecular flexibility index (Phi) is 4.75. The minimum Gasteiger partial charge on any atom is -0.376 e. The number of thioether (sulfide) groups is 2. The Morgan fingerprint density at radius 2 is 1.88 bits per heavy atom. The summed E-state index contributed by atoms with van der Waals surface area (Å²) in [4.78, 5) is 11.0. The van der Waals surface area contributed by atoms with Crippen molar-refractivity contribution in [2.75, 3.05) is 18.1 Å². The topological polar surface area (TPSA) is 26.3 Å². The van der Waals surface area contributed by atoms with E-state index in [9.17, 15) is 4.79 Å². The zero-order valence-electron chi connectivity index (χ0n) is 8.93. The van der Waals surface area contributed by atoms with E-state index in [1.165, 1.54) is 29.1 Å². The predicted molar refractivity (Wildman–Crippen MR) is 69.9 cm³/mol. The third kappa shape index (κ3) is 3.85. The molecule has 0 amide bonds. The highest BCUT2D eigenvalue weighted by Gasteiger charge is 2.19. The van der Waals surface area contributed by atoms with E-state index >= 15 is 0 Å². The highest BCUT2D eigenvalue weighted by atomic mass is 32.2. The van der Waals surface area contributed by atoms with Gasteiger partial charge in [-0.2, -0.15) is 0 Å². The van der Waals surface area contributed by atoms with Crippen LogP contribution in [0.5, 0.6) is 0 Å². The first kappa shape index (κ1) is 12.0. The summed E-state index contributed by atoms with van der Waals surface area (Å²) in [5, 5.41) is 0. The van der Waals surface area contributed by atoms with Gasteiger partial charge in [-0.15, -0.1) is 0 Å². The summed E-state index contributed by atoms with van der Waals surface area (Å²) >= 11 is 2.83. The molecule has 1 aliphatic rings. The van der Waals surface area contributed by atoms with Crippen LogP contribution in [0, 0.1) is 5.92 Å². The second kappa shape index (κ2) is 6.33. The van der Waals surface area contributed by atoms with Gasteiger partial charge in [0.2, 0.25) is 4.45 Å². The highest BCUT2D eigenvalue weighted by molar-refractivity contribution is 8.39. The smallest absolute Gasteiger partial charge is 0.246 e. The van der Waals surface area contributed by atoms with Crippen LogP contribution >= 0.6 is 23.5 Å². The molecular formula is C12H14O2S2. The molecule has 2 rings (SSSR count). The van der Waals surface area contributed by atoms with Crippen molar-refractivity contribution in [3.05, 3.63) is 35.9 Å². The van der Waals surface area contributed by atoms with E-state index in [0.29, 0.717) is 12.5 Å². The average Bonchev–Trinajstić information content (AvgIpc) is 2.33. The fourth-order valence-corrected chi connectivity index (χ4v) is 3.54. The number of rotatable bonds is 4. The van der Waals surface area contributed by atoms with E-state index in [1.807, 2.05) is 18.2 Å². The number of ether oxygens (including phenoxy) is 1. The number of hydrogen-bond acceptors (Lipinski definition) is 4. The molecule has 0 aliphatic carbocycles. The van der Waals surface area contributed by atoms with Crippen LogP contribution in [0.4, 0.5) is 4.79 Å². The van der Waals surface area contributed by atoms with Crippen molar-refractivity contribution in [1.29, 1.82) is 0 Å². The van der Waals surface area contributed by atoms with Crippen molar-refractivity contribution >= 4 is 28.0 Å². The summed E-state index contributed by atoms with van der Waals surface area (Å²) < 4.78 is 5.91. The molecular weight excluding hydrogens is 240 g/mol. The Morgan fingerprint density at radius 3 is 2.56 bits per heavy atom. The molecule has 0 spiro atoms. The first-order valence-corrected chi connectivity index (χ1v) is 7.23. The maximum Gasteiger partial charge on any atom is 0.246 e. The Hall–Kier alpha value is -0.450. The average molecular weight is 254 g/mol. The molecule has 1 aliphatic heterocycles. The van der Waals surface area contributed by atoms with E-state index in [-0.39, 0.29) is 4.45 Å². The fourth-order valence-electron chi connectivity index (χ4n) is 1.48. The van der Waals surface area contributed by atoms with Gasteiger partial charge in [0, 0.05) is 17.4 Å². The van der Waals surface area contributed by atoms with Gasteiger partial charge in [-0.3, -0.25) is 4.79 Å². The van der Waals surface area contributed by atoms with Gasteiger partial charge in [0.25, 0.3) is 0 Å². The van der Waals surface area contributed by atoms with Gasteiger partial charge in [-0.25, -0.2) is 0 Å². The van der Waals surface area contributed by atoms with Crippen LogP contribution in [0.15, 0.2) is 30.3 Å². The van der Waals surface area contributed by atoms with Gasteiger partial charge < -0.3 is 4.74 Å². The van der Waals surface area contributed by atoms with Crippen LogP contribution < -0.4 is 0 Å². The third-order valence-electron chi connectivity index (χ3n) is 2.34. The standard InChI is InChI=1S/C12H14O2S2/c13-12-15-8-11(9-16-12)7-14-6-10-4-2-1-3-5-10/h1-5,11H,6-9H2. The third-order valence-corrected chi connectivity index (χ3v) is 4.79. The summed E-state index contributed by atoms with van der Waals surface area (Å²) in [6, 6.07) is 10.2. The van der Waals surface area contributed by atoms with Crippen molar-refractivity contribution in [3.63, 3.8) is 0 Å². The minimum atomic E-state index is 0.249. The van der Waals surface area contributed by atoms with Crippen LogP contribution in [-0.4, -0.2) is 22.6 Å². The summed E-state index contributed by atoms with van der Waals surface area (Å²) in [5.41, 5.74) is 1.20. The van der Waals surface area contributed by atoms with Gasteiger partial charge >= 0.3 is 0 Å². The lowest BCUT2D eigenvalue weighted by Crippen LogP contribution is -2.19. The van der Waals surface area contributed by atoms with E-state index in [1.54, 1.807) is 0 Å². The number of hydrogen-bond donors (Lipinski definition) is 0. The lowest BCUT2D eigenvalue weighted by atomic mass is 10.2. The maximum absolute atomic E-state index is 11.0. The van der Waals surface area contributed by atoms with E-state index in [0.717, 1.165) is 18.1 Å². The normalized spacial score (nSPS) is 17.6. The monoisotopic (exact) mass is 254 g/mol. The van der Waals surface area contributed by atoms with Crippen molar-refractivity contribution in [2.45, 2.75) is 6.61 Å². The number of carbonyl (C=O) groups is 1. The van der Waals surface area contributed by atoms with Gasteiger partial charge in [0.15, 0.2) is 0 Å². The van der Waals surface area contributed by atoms with Crippen LogP contribution in [-0.2, 0) is 11.3 Å². The van der Waals surface area contributed by atoms with Gasteiger partial charge in [-0.05, 0) is 5.56 Å². The molecule has 1 heterocycles. The Labute approximate surface area is 104 Å². The van der Waals surface area contributed by atoms with Crippen LogP contribution in [0.3, 0.4) is 0 Å². The fraction of sp³-hybridized carbons (Fsp3) is 0.417. The lowest BCUT2D eigenvalue weighted by Gasteiger charge is -2.19. The molecule has 0 atom stereocenters. The summed E-state index contributed by atoms with van der Waals surface area (Å²) in [6.45, 7) is 1.42. The molecule has 1 aromatic carbocycles. The zero-order chi connectivity index (χ0) is 11.2. The van der Waals surface area contributed by atoms with Crippen LogP contribution in [0.25, 0.3) is 0 Å². The molecule has 0 bridgehead atoms. The second-order valence-electron chi connectivity index (χ2n) is 3.74.